The standard InChI is InChI=1S/C18H18INO4/c1-3-23-18(22)13-4-9-16(12(2)10-13)20-17(21)11-24-15-7-5-14(19)6-8-15/h4-10H,3,11H2,1-2H3,(H,20,21). The van der Waals surface area contributed by atoms with Crippen molar-refractivity contribution in [3.8, 4) is 5.75 Å². The fourth-order valence-corrected chi connectivity index (χ4v) is 2.37. The van der Waals surface area contributed by atoms with E-state index >= 15 is 0 Å². The number of amides is 1. The number of benzene rings is 2. The van der Waals surface area contributed by atoms with E-state index in [1.807, 2.05) is 31.2 Å². The molecule has 6 heteroatoms. The van der Waals surface area contributed by atoms with Crippen molar-refractivity contribution < 1.29 is 19.1 Å². The van der Waals surface area contributed by atoms with Crippen LogP contribution in [0.25, 0.3) is 0 Å². The molecule has 24 heavy (non-hydrogen) atoms. The van der Waals surface area contributed by atoms with E-state index in [9.17, 15) is 9.59 Å². The van der Waals surface area contributed by atoms with Crippen molar-refractivity contribution in [1.82, 2.24) is 0 Å². The summed E-state index contributed by atoms with van der Waals surface area (Å²) in [4.78, 5) is 23.7. The van der Waals surface area contributed by atoms with Crippen molar-refractivity contribution in [3.05, 3.63) is 57.2 Å². The minimum absolute atomic E-state index is 0.0837. The average Bonchev–Trinajstić information content (AvgIpc) is 2.56. The van der Waals surface area contributed by atoms with E-state index in [1.54, 1.807) is 25.1 Å². The first-order valence-corrected chi connectivity index (χ1v) is 8.53. The van der Waals surface area contributed by atoms with E-state index in [1.165, 1.54) is 0 Å². The molecule has 2 aromatic rings. The molecule has 0 spiro atoms. The van der Waals surface area contributed by atoms with Gasteiger partial charge in [-0.15, -0.1) is 0 Å². The summed E-state index contributed by atoms with van der Waals surface area (Å²) in [7, 11) is 0. The molecule has 0 atom stereocenters. The number of anilines is 1. The molecular weight excluding hydrogens is 421 g/mol. The Hall–Kier alpha value is -2.09. The number of hydrogen-bond donors (Lipinski definition) is 1. The number of ether oxygens (including phenoxy) is 2. The van der Waals surface area contributed by atoms with Crippen molar-refractivity contribution in [1.29, 1.82) is 0 Å². The summed E-state index contributed by atoms with van der Waals surface area (Å²) in [5.74, 6) is 0.000927. The number of halogens is 1. The highest BCUT2D eigenvalue weighted by molar-refractivity contribution is 14.1. The molecule has 0 fully saturated rings. The molecule has 1 N–H and O–H groups in total. The van der Waals surface area contributed by atoms with Gasteiger partial charge < -0.3 is 14.8 Å². The quantitative estimate of drug-likeness (QED) is 0.550. The Morgan fingerprint density at radius 1 is 1.12 bits per heavy atom. The Kier molecular flexibility index (Phi) is 6.60. The maximum Gasteiger partial charge on any atom is 0.338 e. The molecule has 0 aromatic heterocycles. The molecule has 0 saturated carbocycles. The lowest BCUT2D eigenvalue weighted by atomic mass is 10.1. The van der Waals surface area contributed by atoms with Crippen LogP contribution in [0, 0.1) is 10.5 Å². The van der Waals surface area contributed by atoms with E-state index in [0.29, 0.717) is 23.6 Å². The van der Waals surface area contributed by atoms with Crippen LogP contribution in [0.4, 0.5) is 5.69 Å². The molecular formula is C18H18INO4. The van der Waals surface area contributed by atoms with Crippen LogP contribution in [0.3, 0.4) is 0 Å². The van der Waals surface area contributed by atoms with Gasteiger partial charge in [0.15, 0.2) is 6.61 Å². The van der Waals surface area contributed by atoms with Crippen molar-refractivity contribution in [2.45, 2.75) is 13.8 Å². The molecule has 0 aliphatic heterocycles. The molecule has 126 valence electrons. The number of rotatable bonds is 6. The average molecular weight is 439 g/mol. The third kappa shape index (κ3) is 5.23. The van der Waals surface area contributed by atoms with E-state index in [2.05, 4.69) is 27.9 Å². The number of aryl methyl sites for hydroxylation is 1. The lowest BCUT2D eigenvalue weighted by Gasteiger charge is -2.11. The van der Waals surface area contributed by atoms with Gasteiger partial charge in [0, 0.05) is 9.26 Å². The summed E-state index contributed by atoms with van der Waals surface area (Å²) >= 11 is 2.20. The maximum absolute atomic E-state index is 12.0. The van der Waals surface area contributed by atoms with Crippen LogP contribution in [0.1, 0.15) is 22.8 Å². The first kappa shape index (κ1) is 18.3. The predicted molar refractivity (Wildman–Crippen MR) is 100 cm³/mol. The normalized spacial score (nSPS) is 10.1. The van der Waals surface area contributed by atoms with Gasteiger partial charge in [-0.3, -0.25) is 4.79 Å². The van der Waals surface area contributed by atoms with Crippen LogP contribution in [-0.2, 0) is 9.53 Å². The first-order valence-electron chi connectivity index (χ1n) is 7.45. The Labute approximate surface area is 154 Å². The second-order valence-corrected chi connectivity index (χ2v) is 6.29. The third-order valence-corrected chi connectivity index (χ3v) is 3.91. The maximum atomic E-state index is 12.0. The lowest BCUT2D eigenvalue weighted by molar-refractivity contribution is -0.118. The predicted octanol–water partition coefficient (Wildman–Crippen LogP) is 3.79. The zero-order valence-corrected chi connectivity index (χ0v) is 15.6. The Morgan fingerprint density at radius 3 is 2.46 bits per heavy atom. The van der Waals surface area contributed by atoms with Crippen LogP contribution in [0.5, 0.6) is 5.75 Å². The van der Waals surface area contributed by atoms with Gasteiger partial charge in [0.2, 0.25) is 0 Å². The molecule has 0 aliphatic rings. The summed E-state index contributed by atoms with van der Waals surface area (Å²) in [5, 5.41) is 2.77. The highest BCUT2D eigenvalue weighted by Gasteiger charge is 2.10. The zero-order chi connectivity index (χ0) is 17.5. The molecule has 1 amide bonds. The molecule has 5 nitrogen and oxygen atoms in total. The van der Waals surface area contributed by atoms with Crippen LogP contribution < -0.4 is 10.1 Å². The molecule has 0 saturated heterocycles. The smallest absolute Gasteiger partial charge is 0.338 e. The van der Waals surface area contributed by atoms with Crippen molar-refractivity contribution in [3.63, 3.8) is 0 Å². The first-order chi connectivity index (χ1) is 11.5. The van der Waals surface area contributed by atoms with E-state index < -0.39 is 0 Å². The van der Waals surface area contributed by atoms with Crippen LogP contribution in [-0.4, -0.2) is 25.1 Å². The van der Waals surface area contributed by atoms with Gasteiger partial charge in [0.1, 0.15) is 5.75 Å². The van der Waals surface area contributed by atoms with Crippen molar-refractivity contribution in [2.24, 2.45) is 0 Å². The minimum Gasteiger partial charge on any atom is -0.484 e. The Morgan fingerprint density at radius 2 is 1.83 bits per heavy atom. The largest absolute Gasteiger partial charge is 0.484 e. The summed E-state index contributed by atoms with van der Waals surface area (Å²) in [6.07, 6.45) is 0. The second kappa shape index (κ2) is 8.68. The third-order valence-electron chi connectivity index (χ3n) is 3.20. The van der Waals surface area contributed by atoms with Gasteiger partial charge in [0.25, 0.3) is 5.91 Å². The zero-order valence-electron chi connectivity index (χ0n) is 13.5. The van der Waals surface area contributed by atoms with Crippen LogP contribution >= 0.6 is 22.6 Å². The molecule has 2 rings (SSSR count). The van der Waals surface area contributed by atoms with Crippen LogP contribution in [0.2, 0.25) is 0 Å². The van der Waals surface area contributed by atoms with Gasteiger partial charge in [-0.2, -0.15) is 0 Å². The highest BCUT2D eigenvalue weighted by atomic mass is 127. The molecule has 0 heterocycles. The monoisotopic (exact) mass is 439 g/mol. The Bertz CT molecular complexity index is 728. The van der Waals surface area contributed by atoms with Crippen molar-refractivity contribution in [2.75, 3.05) is 18.5 Å². The van der Waals surface area contributed by atoms with E-state index in [-0.39, 0.29) is 18.5 Å². The van der Waals surface area contributed by atoms with Gasteiger partial charge in [0.05, 0.1) is 12.2 Å². The number of esters is 1. The topological polar surface area (TPSA) is 64.6 Å². The van der Waals surface area contributed by atoms with Crippen molar-refractivity contribution >= 4 is 40.2 Å². The number of carbonyl (C=O) groups is 2. The fourth-order valence-electron chi connectivity index (χ4n) is 2.01. The van der Waals surface area contributed by atoms with Gasteiger partial charge in [-0.05, 0) is 84.5 Å². The summed E-state index contributed by atoms with van der Waals surface area (Å²) < 4.78 is 11.5. The molecule has 2 aromatic carbocycles. The number of nitrogens with one attached hydrogen (secondary N) is 1. The molecule has 0 bridgehead atoms. The summed E-state index contributed by atoms with van der Waals surface area (Å²) in [6, 6.07) is 12.4. The summed E-state index contributed by atoms with van der Waals surface area (Å²) in [6.45, 7) is 3.82. The Balaban J connectivity index is 1.93. The molecule has 0 radical (unpaired) electrons. The van der Waals surface area contributed by atoms with Gasteiger partial charge >= 0.3 is 5.97 Å². The SMILES string of the molecule is CCOC(=O)c1ccc(NC(=O)COc2ccc(I)cc2)c(C)c1. The number of hydrogen-bond acceptors (Lipinski definition) is 4. The molecule has 0 unspecified atom stereocenters. The van der Waals surface area contributed by atoms with E-state index in [0.717, 1.165) is 9.13 Å². The minimum atomic E-state index is -0.375. The fraction of sp³-hybridized carbons (Fsp3) is 0.222. The van der Waals surface area contributed by atoms with Gasteiger partial charge in [-0.25, -0.2) is 4.79 Å². The highest BCUT2D eigenvalue weighted by Crippen LogP contribution is 2.18. The summed E-state index contributed by atoms with van der Waals surface area (Å²) in [5.41, 5.74) is 1.88. The van der Waals surface area contributed by atoms with Gasteiger partial charge in [-0.1, -0.05) is 0 Å². The molecule has 0 aliphatic carbocycles. The number of carbonyl (C=O) groups excluding carboxylic acids is 2. The van der Waals surface area contributed by atoms with E-state index in [4.69, 9.17) is 9.47 Å². The second-order valence-electron chi connectivity index (χ2n) is 5.04. The van der Waals surface area contributed by atoms with Crippen LogP contribution in [0.15, 0.2) is 42.5 Å². The lowest BCUT2D eigenvalue weighted by Crippen LogP contribution is -2.20.